The van der Waals surface area contributed by atoms with E-state index in [4.69, 9.17) is 9.47 Å². The summed E-state index contributed by atoms with van der Waals surface area (Å²) in [7, 11) is 0. The molecule has 0 N–H and O–H groups in total. The van der Waals surface area contributed by atoms with Gasteiger partial charge in [-0.05, 0) is 43.4 Å². The van der Waals surface area contributed by atoms with Crippen molar-refractivity contribution in [2.24, 2.45) is 0 Å². The van der Waals surface area contributed by atoms with Crippen molar-refractivity contribution >= 4 is 11.8 Å². The molecule has 1 aromatic carbocycles. The highest BCUT2D eigenvalue weighted by Gasteiger charge is 2.36. The molecule has 1 unspecified atom stereocenters. The summed E-state index contributed by atoms with van der Waals surface area (Å²) in [4.78, 5) is 28.6. The quantitative estimate of drug-likeness (QED) is 0.828. The average Bonchev–Trinajstić information content (AvgIpc) is 3.34. The number of likely N-dealkylation sites (tertiary alicyclic amines) is 2. The number of benzene rings is 1. The van der Waals surface area contributed by atoms with Crippen molar-refractivity contribution in [3.8, 4) is 0 Å². The van der Waals surface area contributed by atoms with Gasteiger partial charge >= 0.3 is 0 Å². The van der Waals surface area contributed by atoms with E-state index in [-0.39, 0.29) is 24.1 Å². The van der Waals surface area contributed by atoms with Gasteiger partial charge in [0, 0.05) is 31.6 Å². The smallest absolute Gasteiger partial charge is 0.254 e. The number of rotatable bonds is 4. The Morgan fingerprint density at radius 3 is 2.50 bits per heavy atom. The van der Waals surface area contributed by atoms with Gasteiger partial charge in [-0.15, -0.1) is 0 Å². The number of ether oxygens (including phenoxy) is 2. The molecule has 26 heavy (non-hydrogen) atoms. The molecule has 6 nitrogen and oxygen atoms in total. The molecule has 3 heterocycles. The van der Waals surface area contributed by atoms with Crippen LogP contribution in [0.3, 0.4) is 0 Å². The maximum Gasteiger partial charge on any atom is 0.254 e. The summed E-state index contributed by atoms with van der Waals surface area (Å²) in [6, 6.07) is 7.67. The summed E-state index contributed by atoms with van der Waals surface area (Å²) >= 11 is 0. The largest absolute Gasteiger partial charge is 0.348 e. The number of amides is 2. The van der Waals surface area contributed by atoms with Gasteiger partial charge in [0.25, 0.3) is 5.91 Å². The van der Waals surface area contributed by atoms with Crippen molar-refractivity contribution < 1.29 is 19.1 Å². The predicted octanol–water partition coefficient (Wildman–Crippen LogP) is 2.18. The van der Waals surface area contributed by atoms with Crippen LogP contribution in [-0.2, 0) is 20.8 Å². The van der Waals surface area contributed by atoms with E-state index in [1.165, 1.54) is 0 Å². The van der Waals surface area contributed by atoms with Crippen molar-refractivity contribution in [2.75, 3.05) is 26.3 Å². The van der Waals surface area contributed by atoms with Gasteiger partial charge in [-0.1, -0.05) is 12.1 Å². The molecule has 3 saturated heterocycles. The van der Waals surface area contributed by atoms with Gasteiger partial charge in [-0.25, -0.2) is 0 Å². The fourth-order valence-electron chi connectivity index (χ4n) is 4.10. The standard InChI is InChI=1S/C20H26N2O4/c23-18-5-3-10-21(18)14-15-6-8-16(9-7-15)19(24)22-11-2-1-4-17(22)20-25-12-13-26-20/h6-9,17,20H,1-5,10-14H2. The van der Waals surface area contributed by atoms with Crippen molar-refractivity contribution in [3.63, 3.8) is 0 Å². The van der Waals surface area contributed by atoms with Crippen LogP contribution >= 0.6 is 0 Å². The summed E-state index contributed by atoms with van der Waals surface area (Å²) in [5.41, 5.74) is 1.75. The fourth-order valence-corrected chi connectivity index (χ4v) is 4.10. The first-order valence-corrected chi connectivity index (χ1v) is 9.63. The lowest BCUT2D eigenvalue weighted by atomic mass is 10.00. The Labute approximate surface area is 154 Å². The molecule has 1 aromatic rings. The number of piperidine rings is 1. The number of carbonyl (C=O) groups excluding carboxylic acids is 2. The van der Waals surface area contributed by atoms with Gasteiger partial charge < -0.3 is 19.3 Å². The Hall–Kier alpha value is -1.92. The second-order valence-corrected chi connectivity index (χ2v) is 7.29. The average molecular weight is 358 g/mol. The molecular weight excluding hydrogens is 332 g/mol. The summed E-state index contributed by atoms with van der Waals surface area (Å²) < 4.78 is 11.3. The zero-order valence-electron chi connectivity index (χ0n) is 15.1. The van der Waals surface area contributed by atoms with Crippen molar-refractivity contribution in [3.05, 3.63) is 35.4 Å². The van der Waals surface area contributed by atoms with Crippen LogP contribution < -0.4 is 0 Å². The number of carbonyl (C=O) groups is 2. The van der Waals surface area contributed by atoms with E-state index in [9.17, 15) is 9.59 Å². The first kappa shape index (κ1) is 17.5. The molecule has 0 aromatic heterocycles. The minimum atomic E-state index is -0.292. The minimum Gasteiger partial charge on any atom is -0.348 e. The Balaban J connectivity index is 1.43. The maximum absolute atomic E-state index is 13.0. The molecule has 140 valence electrons. The van der Waals surface area contributed by atoms with Crippen LogP contribution in [0.2, 0.25) is 0 Å². The highest BCUT2D eigenvalue weighted by molar-refractivity contribution is 5.94. The van der Waals surface area contributed by atoms with Crippen LogP contribution in [0.4, 0.5) is 0 Å². The third kappa shape index (κ3) is 3.62. The Morgan fingerprint density at radius 1 is 1.04 bits per heavy atom. The number of hydrogen-bond donors (Lipinski definition) is 0. The number of hydrogen-bond acceptors (Lipinski definition) is 4. The van der Waals surface area contributed by atoms with E-state index < -0.39 is 0 Å². The second-order valence-electron chi connectivity index (χ2n) is 7.29. The van der Waals surface area contributed by atoms with Gasteiger partial charge in [0.05, 0.1) is 19.3 Å². The third-order valence-electron chi connectivity index (χ3n) is 5.52. The summed E-state index contributed by atoms with van der Waals surface area (Å²) in [5, 5.41) is 0. The molecule has 2 amide bonds. The molecule has 0 spiro atoms. The molecular formula is C20H26N2O4. The normalized spacial score (nSPS) is 24.5. The van der Waals surface area contributed by atoms with Crippen LogP contribution in [0, 0.1) is 0 Å². The SMILES string of the molecule is O=C1CCCN1Cc1ccc(C(=O)N2CCCCC2C2OCCO2)cc1. The molecule has 3 aliphatic heterocycles. The van der Waals surface area contributed by atoms with Gasteiger partial charge in [-0.2, -0.15) is 0 Å². The van der Waals surface area contributed by atoms with Gasteiger partial charge in [0.2, 0.25) is 5.91 Å². The van der Waals surface area contributed by atoms with E-state index in [2.05, 4.69) is 0 Å². The maximum atomic E-state index is 13.0. The molecule has 3 aliphatic rings. The zero-order valence-corrected chi connectivity index (χ0v) is 15.1. The zero-order chi connectivity index (χ0) is 17.9. The fraction of sp³-hybridized carbons (Fsp3) is 0.600. The number of nitrogens with zero attached hydrogens (tertiary/aromatic N) is 2. The predicted molar refractivity (Wildman–Crippen MR) is 95.5 cm³/mol. The highest BCUT2D eigenvalue weighted by Crippen LogP contribution is 2.26. The Morgan fingerprint density at radius 2 is 1.81 bits per heavy atom. The van der Waals surface area contributed by atoms with Gasteiger partial charge in [-0.3, -0.25) is 9.59 Å². The molecule has 0 radical (unpaired) electrons. The Kier molecular flexibility index (Phi) is 5.22. The summed E-state index contributed by atoms with van der Waals surface area (Å²) in [5.74, 6) is 0.260. The van der Waals surface area contributed by atoms with E-state index in [0.717, 1.165) is 44.3 Å². The molecule has 3 fully saturated rings. The summed E-state index contributed by atoms with van der Waals surface area (Å²) in [6.45, 7) is 3.41. The van der Waals surface area contributed by atoms with E-state index in [0.29, 0.717) is 31.7 Å². The van der Waals surface area contributed by atoms with Crippen molar-refractivity contribution in [1.82, 2.24) is 9.80 Å². The third-order valence-corrected chi connectivity index (χ3v) is 5.52. The molecule has 0 aliphatic carbocycles. The van der Waals surface area contributed by atoms with Crippen molar-refractivity contribution in [2.45, 2.75) is 51.0 Å². The first-order valence-electron chi connectivity index (χ1n) is 9.63. The van der Waals surface area contributed by atoms with Gasteiger partial charge in [0.15, 0.2) is 6.29 Å². The molecule has 6 heteroatoms. The lowest BCUT2D eigenvalue weighted by Crippen LogP contribution is -2.50. The summed E-state index contributed by atoms with van der Waals surface area (Å²) in [6.07, 6.45) is 4.34. The van der Waals surface area contributed by atoms with Gasteiger partial charge in [0.1, 0.15) is 0 Å². The van der Waals surface area contributed by atoms with Crippen LogP contribution in [0.15, 0.2) is 24.3 Å². The molecule has 4 rings (SSSR count). The Bertz CT molecular complexity index is 654. The van der Waals surface area contributed by atoms with E-state index >= 15 is 0 Å². The van der Waals surface area contributed by atoms with Crippen LogP contribution in [0.5, 0.6) is 0 Å². The lowest BCUT2D eigenvalue weighted by molar-refractivity contribution is -0.128. The lowest BCUT2D eigenvalue weighted by Gasteiger charge is -2.38. The monoisotopic (exact) mass is 358 g/mol. The topological polar surface area (TPSA) is 59.1 Å². The second kappa shape index (κ2) is 7.76. The van der Waals surface area contributed by atoms with Crippen molar-refractivity contribution in [1.29, 1.82) is 0 Å². The highest BCUT2D eigenvalue weighted by atomic mass is 16.7. The van der Waals surface area contributed by atoms with Crippen LogP contribution in [0.1, 0.15) is 48.0 Å². The van der Waals surface area contributed by atoms with Crippen LogP contribution in [-0.4, -0.2) is 60.2 Å². The molecule has 1 atom stereocenters. The van der Waals surface area contributed by atoms with E-state index in [1.807, 2.05) is 34.1 Å². The molecule has 0 saturated carbocycles. The van der Waals surface area contributed by atoms with Crippen LogP contribution in [0.25, 0.3) is 0 Å². The first-order chi connectivity index (χ1) is 12.7. The van der Waals surface area contributed by atoms with E-state index in [1.54, 1.807) is 0 Å². The minimum absolute atomic E-state index is 0.000600. The molecule has 0 bridgehead atoms.